The summed E-state index contributed by atoms with van der Waals surface area (Å²) in [5.41, 5.74) is 2.93. The molecule has 0 radical (unpaired) electrons. The van der Waals surface area contributed by atoms with Crippen LogP contribution in [0.3, 0.4) is 0 Å². The largest absolute Gasteiger partial charge is 0.854 e. The normalized spacial score (nSPS) is 11.4. The highest BCUT2D eigenvalue weighted by molar-refractivity contribution is 5.89. The maximum Gasteiger partial charge on any atom is 0.205 e. The second kappa shape index (κ2) is 6.68. The Labute approximate surface area is 129 Å². The summed E-state index contributed by atoms with van der Waals surface area (Å²) in [7, 11) is 0. The van der Waals surface area contributed by atoms with E-state index in [2.05, 4.69) is 17.2 Å². The topological polar surface area (TPSA) is 39.3 Å². The van der Waals surface area contributed by atoms with Crippen LogP contribution in [0.2, 0.25) is 0 Å². The van der Waals surface area contributed by atoms with Crippen LogP contribution < -0.4 is 9.78 Å². The van der Waals surface area contributed by atoms with Gasteiger partial charge in [0.2, 0.25) is 12.4 Å². The lowest BCUT2D eigenvalue weighted by Crippen LogP contribution is -2.33. The predicted molar refractivity (Wildman–Crippen MR) is 84.3 cm³/mol. The first-order chi connectivity index (χ1) is 10.8. The molecule has 0 aliphatic carbocycles. The third kappa shape index (κ3) is 3.58. The van der Waals surface area contributed by atoms with E-state index in [-0.39, 0.29) is 5.90 Å². The minimum atomic E-state index is -0.248. The number of rotatable bonds is 4. The lowest BCUT2D eigenvalue weighted by molar-refractivity contribution is -0.681. The van der Waals surface area contributed by atoms with Crippen LogP contribution in [0.25, 0.3) is 0 Å². The van der Waals surface area contributed by atoms with Crippen molar-refractivity contribution >= 4 is 5.90 Å². The van der Waals surface area contributed by atoms with Crippen LogP contribution in [0.15, 0.2) is 90.3 Å². The lowest BCUT2D eigenvalue weighted by Gasteiger charge is -2.06. The molecule has 0 aliphatic heterocycles. The molecule has 1 aromatic heterocycles. The highest BCUT2D eigenvalue weighted by Crippen LogP contribution is 2.06. The van der Waals surface area contributed by atoms with Gasteiger partial charge in [0.25, 0.3) is 0 Å². The Bertz CT molecular complexity index is 768. The van der Waals surface area contributed by atoms with E-state index in [1.54, 1.807) is 23.0 Å². The zero-order valence-corrected chi connectivity index (χ0v) is 12.1. The van der Waals surface area contributed by atoms with Gasteiger partial charge in [0, 0.05) is 18.1 Å². The Hall–Kier alpha value is -2.94. The van der Waals surface area contributed by atoms with Gasteiger partial charge >= 0.3 is 0 Å². The molecule has 1 heterocycles. The molecule has 22 heavy (non-hydrogen) atoms. The molecule has 2 aromatic carbocycles. The van der Waals surface area contributed by atoms with Crippen LogP contribution in [-0.2, 0) is 6.42 Å². The van der Waals surface area contributed by atoms with Crippen LogP contribution in [-0.4, -0.2) is 5.90 Å². The smallest absolute Gasteiger partial charge is 0.205 e. The Morgan fingerprint density at radius 2 is 1.45 bits per heavy atom. The Kier molecular flexibility index (Phi) is 4.25. The van der Waals surface area contributed by atoms with Crippen molar-refractivity contribution in [3.05, 3.63) is 102 Å². The van der Waals surface area contributed by atoms with Gasteiger partial charge in [0.15, 0.2) is 0 Å². The molecule has 0 bridgehead atoms. The average Bonchev–Trinajstić information content (AvgIpc) is 2.57. The van der Waals surface area contributed by atoms with Crippen LogP contribution in [0.4, 0.5) is 0 Å². The van der Waals surface area contributed by atoms with Crippen molar-refractivity contribution in [3.8, 4) is 0 Å². The minimum Gasteiger partial charge on any atom is -0.854 e. The van der Waals surface area contributed by atoms with Gasteiger partial charge in [-0.2, -0.15) is 0 Å². The average molecular weight is 288 g/mol. The Balaban J connectivity index is 1.82. The molecule has 3 nitrogen and oxygen atoms in total. The van der Waals surface area contributed by atoms with Gasteiger partial charge in [0.1, 0.15) is 0 Å². The Morgan fingerprint density at radius 1 is 0.818 bits per heavy atom. The molecule has 0 amide bonds. The van der Waals surface area contributed by atoms with Crippen molar-refractivity contribution in [3.63, 3.8) is 0 Å². The third-order valence-electron chi connectivity index (χ3n) is 3.33. The van der Waals surface area contributed by atoms with Crippen LogP contribution in [0.1, 0.15) is 16.7 Å². The number of benzene rings is 2. The summed E-state index contributed by atoms with van der Waals surface area (Å²) in [6.07, 6.45) is 4.47. The van der Waals surface area contributed by atoms with Crippen molar-refractivity contribution in [1.82, 2.24) is 0 Å². The zero-order chi connectivity index (χ0) is 15.2. The fourth-order valence-corrected chi connectivity index (χ4v) is 2.25. The van der Waals surface area contributed by atoms with E-state index in [4.69, 9.17) is 0 Å². The highest BCUT2D eigenvalue weighted by atomic mass is 16.3. The lowest BCUT2D eigenvalue weighted by atomic mass is 10.1. The molecule has 0 atom stereocenters. The van der Waals surface area contributed by atoms with Crippen molar-refractivity contribution < 1.29 is 9.78 Å². The summed E-state index contributed by atoms with van der Waals surface area (Å²) in [5, 5.41) is 16.2. The van der Waals surface area contributed by atoms with E-state index in [0.29, 0.717) is 5.56 Å². The monoisotopic (exact) mass is 288 g/mol. The van der Waals surface area contributed by atoms with Gasteiger partial charge in [-0.05, 0) is 22.3 Å². The number of pyridine rings is 1. The molecular formula is C19H16N2O. The fourth-order valence-electron chi connectivity index (χ4n) is 2.25. The minimum absolute atomic E-state index is 0.248. The van der Waals surface area contributed by atoms with Crippen molar-refractivity contribution in [2.24, 2.45) is 5.10 Å². The molecule has 0 fully saturated rings. The highest BCUT2D eigenvalue weighted by Gasteiger charge is 2.03. The summed E-state index contributed by atoms with van der Waals surface area (Å²) in [4.78, 5) is 0. The number of hydrogen-bond donors (Lipinski definition) is 0. The van der Waals surface area contributed by atoms with Gasteiger partial charge in [-0.15, -0.1) is 0 Å². The van der Waals surface area contributed by atoms with E-state index in [1.807, 2.05) is 54.7 Å². The SMILES string of the molecule is [O-]/C(=N\[n+]1cccc(Cc2ccccc2)c1)c1ccccc1. The van der Waals surface area contributed by atoms with Gasteiger partial charge in [-0.3, -0.25) is 0 Å². The summed E-state index contributed by atoms with van der Waals surface area (Å²) in [6, 6.07) is 23.2. The molecule has 0 N–H and O–H groups in total. The molecule has 3 aromatic rings. The summed E-state index contributed by atoms with van der Waals surface area (Å²) < 4.78 is 1.58. The predicted octanol–water partition coefficient (Wildman–Crippen LogP) is 2.14. The molecule has 108 valence electrons. The molecule has 0 unspecified atom stereocenters. The van der Waals surface area contributed by atoms with E-state index >= 15 is 0 Å². The maximum atomic E-state index is 12.1. The molecule has 3 rings (SSSR count). The number of hydrogen-bond acceptors (Lipinski definition) is 2. The van der Waals surface area contributed by atoms with Gasteiger partial charge in [0.05, 0.1) is 5.90 Å². The van der Waals surface area contributed by atoms with Crippen LogP contribution in [0.5, 0.6) is 0 Å². The van der Waals surface area contributed by atoms with E-state index in [9.17, 15) is 5.11 Å². The van der Waals surface area contributed by atoms with Gasteiger partial charge < -0.3 is 5.11 Å². The summed E-state index contributed by atoms with van der Waals surface area (Å²) in [5.74, 6) is -0.248. The molecule has 0 saturated heterocycles. The summed E-state index contributed by atoms with van der Waals surface area (Å²) in [6.45, 7) is 0. The Morgan fingerprint density at radius 3 is 2.18 bits per heavy atom. The fraction of sp³-hybridized carbons (Fsp3) is 0.0526. The first-order valence-corrected chi connectivity index (χ1v) is 7.17. The molecule has 0 saturated carbocycles. The van der Waals surface area contributed by atoms with Crippen molar-refractivity contribution in [2.45, 2.75) is 6.42 Å². The van der Waals surface area contributed by atoms with E-state index in [0.717, 1.165) is 12.0 Å². The third-order valence-corrected chi connectivity index (χ3v) is 3.33. The van der Waals surface area contributed by atoms with Gasteiger partial charge in [-0.25, -0.2) is 0 Å². The molecule has 0 aliphatic rings. The molecular weight excluding hydrogens is 272 g/mol. The van der Waals surface area contributed by atoms with E-state index in [1.165, 1.54) is 5.56 Å². The second-order valence-corrected chi connectivity index (χ2v) is 5.03. The van der Waals surface area contributed by atoms with Gasteiger partial charge in [-0.1, -0.05) is 65.3 Å². The summed E-state index contributed by atoms with van der Waals surface area (Å²) >= 11 is 0. The van der Waals surface area contributed by atoms with Crippen LogP contribution in [0, 0.1) is 0 Å². The first-order valence-electron chi connectivity index (χ1n) is 7.17. The first kappa shape index (κ1) is 14.0. The quantitative estimate of drug-likeness (QED) is 0.412. The maximum absolute atomic E-state index is 12.1. The molecule has 0 spiro atoms. The van der Waals surface area contributed by atoms with Crippen molar-refractivity contribution in [1.29, 1.82) is 0 Å². The standard InChI is InChI=1S/C19H16N2O/c22-19(18-11-5-2-6-12-18)20-21-13-7-10-17(15-21)14-16-8-3-1-4-9-16/h1-13,15H,14H2. The number of aromatic nitrogens is 1. The molecule has 3 heteroatoms. The van der Waals surface area contributed by atoms with Crippen molar-refractivity contribution in [2.75, 3.05) is 0 Å². The van der Waals surface area contributed by atoms with Crippen LogP contribution >= 0.6 is 0 Å². The van der Waals surface area contributed by atoms with E-state index < -0.39 is 0 Å². The zero-order valence-electron chi connectivity index (χ0n) is 12.1. The second-order valence-electron chi connectivity index (χ2n) is 5.03. The number of nitrogens with zero attached hydrogens (tertiary/aromatic N) is 2.